The Morgan fingerprint density at radius 3 is 2.47 bits per heavy atom. The van der Waals surface area contributed by atoms with Crippen LogP contribution in [0, 0.1) is 6.92 Å². The minimum Gasteiger partial charge on any atom is -0.399 e. The van der Waals surface area contributed by atoms with Gasteiger partial charge in [0.1, 0.15) is 0 Å². The first-order valence-electron chi connectivity index (χ1n) is 4.88. The van der Waals surface area contributed by atoms with E-state index in [-0.39, 0.29) is 10.7 Å². The molecule has 0 bridgehead atoms. The number of aryl methyl sites for hydroxylation is 1. The molecule has 1 heterocycles. The number of H-pyrrole nitrogens is 1. The Kier molecular flexibility index (Phi) is 2.76. The van der Waals surface area contributed by atoms with Crippen LogP contribution in [0.5, 0.6) is 0 Å². The van der Waals surface area contributed by atoms with E-state index in [1.54, 1.807) is 13.0 Å². The van der Waals surface area contributed by atoms with Crippen molar-refractivity contribution < 1.29 is 8.42 Å². The van der Waals surface area contributed by atoms with Crippen LogP contribution in [0.3, 0.4) is 0 Å². The van der Waals surface area contributed by atoms with E-state index in [9.17, 15) is 8.42 Å². The molecule has 0 aliphatic carbocycles. The summed E-state index contributed by atoms with van der Waals surface area (Å²) in [7, 11) is -3.60. The van der Waals surface area contributed by atoms with Crippen LogP contribution in [-0.4, -0.2) is 18.6 Å². The van der Waals surface area contributed by atoms with Crippen LogP contribution >= 0.6 is 0 Å². The quantitative estimate of drug-likeness (QED) is 0.712. The topological polar surface area (TPSA) is 101 Å². The van der Waals surface area contributed by atoms with Gasteiger partial charge in [0, 0.05) is 17.4 Å². The number of nitrogens with one attached hydrogen (secondary N) is 2. The van der Waals surface area contributed by atoms with Gasteiger partial charge in [-0.1, -0.05) is 0 Å². The Morgan fingerprint density at radius 1 is 1.29 bits per heavy atom. The second kappa shape index (κ2) is 4.10. The number of nitrogens with two attached hydrogens (primary N) is 1. The van der Waals surface area contributed by atoms with E-state index >= 15 is 0 Å². The summed E-state index contributed by atoms with van der Waals surface area (Å²) in [5.74, 6) is 0.263. The average molecular weight is 252 g/mol. The number of anilines is 2. The maximum atomic E-state index is 11.9. The number of hydrogen-bond acceptors (Lipinski definition) is 4. The number of sulfonamides is 1. The van der Waals surface area contributed by atoms with Crippen molar-refractivity contribution in [2.75, 3.05) is 10.5 Å². The Morgan fingerprint density at radius 2 is 1.94 bits per heavy atom. The summed E-state index contributed by atoms with van der Waals surface area (Å²) >= 11 is 0. The van der Waals surface area contributed by atoms with Crippen molar-refractivity contribution in [3.63, 3.8) is 0 Å². The van der Waals surface area contributed by atoms with Crippen LogP contribution in [-0.2, 0) is 10.0 Å². The number of nitrogens with zero attached hydrogens (tertiary/aromatic N) is 1. The molecule has 7 heteroatoms. The van der Waals surface area contributed by atoms with Crippen molar-refractivity contribution in [1.82, 2.24) is 10.2 Å². The SMILES string of the molecule is Cc1cc(NS(=O)(=O)c2ccc(N)cc2)n[nH]1. The van der Waals surface area contributed by atoms with Crippen LogP contribution in [0.15, 0.2) is 35.2 Å². The van der Waals surface area contributed by atoms with Gasteiger partial charge < -0.3 is 5.73 Å². The van der Waals surface area contributed by atoms with Gasteiger partial charge in [-0.05, 0) is 31.2 Å². The van der Waals surface area contributed by atoms with E-state index in [0.717, 1.165) is 5.69 Å². The molecule has 6 nitrogen and oxygen atoms in total. The number of benzene rings is 1. The number of aromatic amines is 1. The number of hydrogen-bond donors (Lipinski definition) is 3. The fourth-order valence-corrected chi connectivity index (χ4v) is 2.31. The molecule has 0 fully saturated rings. The van der Waals surface area contributed by atoms with E-state index in [0.29, 0.717) is 5.69 Å². The summed E-state index contributed by atoms with van der Waals surface area (Å²) < 4.78 is 26.2. The fraction of sp³-hybridized carbons (Fsp3) is 0.100. The molecule has 0 amide bonds. The summed E-state index contributed by atoms with van der Waals surface area (Å²) in [5, 5.41) is 6.46. The minimum atomic E-state index is -3.60. The van der Waals surface area contributed by atoms with Crippen LogP contribution < -0.4 is 10.5 Å². The van der Waals surface area contributed by atoms with Crippen LogP contribution in [0.2, 0.25) is 0 Å². The van der Waals surface area contributed by atoms with Crippen molar-refractivity contribution in [2.24, 2.45) is 0 Å². The first-order valence-corrected chi connectivity index (χ1v) is 6.36. The van der Waals surface area contributed by atoms with E-state index in [2.05, 4.69) is 14.9 Å². The second-order valence-electron chi connectivity index (χ2n) is 3.61. The van der Waals surface area contributed by atoms with Crippen LogP contribution in [0.1, 0.15) is 5.69 Å². The van der Waals surface area contributed by atoms with Gasteiger partial charge in [-0.15, -0.1) is 0 Å². The Hall–Kier alpha value is -2.02. The molecular weight excluding hydrogens is 240 g/mol. The highest BCUT2D eigenvalue weighted by Crippen LogP contribution is 2.15. The van der Waals surface area contributed by atoms with Crippen molar-refractivity contribution in [3.8, 4) is 0 Å². The van der Waals surface area contributed by atoms with Crippen LogP contribution in [0.4, 0.5) is 11.5 Å². The molecule has 1 aromatic carbocycles. The van der Waals surface area contributed by atoms with Gasteiger partial charge in [0.2, 0.25) is 0 Å². The molecule has 0 saturated heterocycles. The van der Waals surface area contributed by atoms with E-state index in [1.807, 2.05) is 0 Å². The number of nitrogen functional groups attached to an aromatic ring is 1. The molecule has 0 spiro atoms. The first-order chi connectivity index (χ1) is 7.97. The predicted octanol–water partition coefficient (Wildman–Crippen LogP) is 1.10. The Labute approximate surface area is 98.9 Å². The number of aromatic nitrogens is 2. The molecule has 0 saturated carbocycles. The van der Waals surface area contributed by atoms with Gasteiger partial charge in [-0.3, -0.25) is 9.82 Å². The van der Waals surface area contributed by atoms with Gasteiger partial charge in [0.05, 0.1) is 4.90 Å². The molecule has 1 aromatic heterocycles. The zero-order chi connectivity index (χ0) is 12.5. The fourth-order valence-electron chi connectivity index (χ4n) is 1.31. The summed E-state index contributed by atoms with van der Waals surface area (Å²) in [4.78, 5) is 0.146. The lowest BCUT2D eigenvalue weighted by atomic mass is 10.3. The maximum Gasteiger partial charge on any atom is 0.263 e. The third-order valence-corrected chi connectivity index (χ3v) is 3.51. The van der Waals surface area contributed by atoms with E-state index < -0.39 is 10.0 Å². The molecule has 2 rings (SSSR count). The molecule has 0 unspecified atom stereocenters. The molecule has 0 aliphatic rings. The molecule has 0 atom stereocenters. The molecule has 0 aliphatic heterocycles. The van der Waals surface area contributed by atoms with Crippen molar-refractivity contribution in [2.45, 2.75) is 11.8 Å². The van der Waals surface area contributed by atoms with Gasteiger partial charge >= 0.3 is 0 Å². The standard InChI is InChI=1S/C10H12N4O2S/c1-7-6-10(13-12-7)14-17(15,16)9-4-2-8(11)3-5-9/h2-6H,11H2,1H3,(H2,12,13,14). The third kappa shape index (κ3) is 2.56. The van der Waals surface area contributed by atoms with Crippen molar-refractivity contribution in [3.05, 3.63) is 36.0 Å². The predicted molar refractivity (Wildman–Crippen MR) is 65.0 cm³/mol. The lowest BCUT2D eigenvalue weighted by molar-refractivity contribution is 0.601. The highest BCUT2D eigenvalue weighted by molar-refractivity contribution is 7.92. The zero-order valence-electron chi connectivity index (χ0n) is 9.14. The average Bonchev–Trinajstić information content (AvgIpc) is 2.63. The molecular formula is C10H12N4O2S. The molecule has 90 valence electrons. The summed E-state index contributed by atoms with van der Waals surface area (Å²) in [5.41, 5.74) is 6.78. The van der Waals surface area contributed by atoms with Gasteiger partial charge in [-0.2, -0.15) is 5.10 Å². The summed E-state index contributed by atoms with van der Waals surface area (Å²) in [6.07, 6.45) is 0. The lowest BCUT2D eigenvalue weighted by Crippen LogP contribution is -2.13. The maximum absolute atomic E-state index is 11.9. The largest absolute Gasteiger partial charge is 0.399 e. The smallest absolute Gasteiger partial charge is 0.263 e. The van der Waals surface area contributed by atoms with Crippen molar-refractivity contribution in [1.29, 1.82) is 0 Å². The molecule has 4 N–H and O–H groups in total. The van der Waals surface area contributed by atoms with Crippen molar-refractivity contribution >= 4 is 21.5 Å². The van der Waals surface area contributed by atoms with Crippen LogP contribution in [0.25, 0.3) is 0 Å². The highest BCUT2D eigenvalue weighted by atomic mass is 32.2. The van der Waals surface area contributed by atoms with Gasteiger partial charge in [0.25, 0.3) is 10.0 Å². The first kappa shape index (κ1) is 11.5. The molecule has 17 heavy (non-hydrogen) atoms. The number of rotatable bonds is 3. The monoisotopic (exact) mass is 252 g/mol. The molecule has 0 radical (unpaired) electrons. The van der Waals surface area contributed by atoms with Gasteiger partial charge in [-0.25, -0.2) is 8.42 Å². The normalized spacial score (nSPS) is 11.4. The third-order valence-electron chi connectivity index (χ3n) is 2.14. The van der Waals surface area contributed by atoms with E-state index in [1.165, 1.54) is 24.3 Å². The zero-order valence-corrected chi connectivity index (χ0v) is 9.95. The lowest BCUT2D eigenvalue weighted by Gasteiger charge is -2.05. The molecule has 2 aromatic rings. The highest BCUT2D eigenvalue weighted by Gasteiger charge is 2.14. The van der Waals surface area contributed by atoms with Gasteiger partial charge in [0.15, 0.2) is 5.82 Å². The Balaban J connectivity index is 2.28. The minimum absolute atomic E-state index is 0.146. The van der Waals surface area contributed by atoms with E-state index in [4.69, 9.17) is 5.73 Å². The Bertz CT molecular complexity index is 616. The second-order valence-corrected chi connectivity index (χ2v) is 5.29. The summed E-state index contributed by atoms with van der Waals surface area (Å²) in [6.45, 7) is 1.79. The summed E-state index contributed by atoms with van der Waals surface area (Å²) in [6, 6.07) is 7.55.